The second-order valence-corrected chi connectivity index (χ2v) is 7.26. The molecule has 0 spiro atoms. The summed E-state index contributed by atoms with van der Waals surface area (Å²) in [5, 5.41) is 2.27. The average molecular weight is 392 g/mol. The van der Waals surface area contributed by atoms with Gasteiger partial charge in [-0.1, -0.05) is 0 Å². The third kappa shape index (κ3) is 4.23. The smallest absolute Gasteiger partial charge is 0.229 e. The SMILES string of the molecule is CS(=O)(=O)Nc1cc2occ(NC=O)c(=O)c2cc1Oc1ccc(F)cc1. The lowest BCUT2D eigenvalue weighted by molar-refractivity contribution is -0.105. The number of carbonyl (C=O) groups is 1. The zero-order chi connectivity index (χ0) is 19.6. The van der Waals surface area contributed by atoms with Crippen LogP contribution < -0.4 is 20.2 Å². The van der Waals surface area contributed by atoms with Crippen molar-refractivity contribution in [2.75, 3.05) is 16.3 Å². The minimum atomic E-state index is -3.66. The molecule has 0 atom stereocenters. The van der Waals surface area contributed by atoms with Crippen LogP contribution in [0.15, 0.2) is 51.9 Å². The summed E-state index contributed by atoms with van der Waals surface area (Å²) in [4.78, 5) is 23.0. The maximum atomic E-state index is 13.1. The number of halogens is 1. The highest BCUT2D eigenvalue weighted by molar-refractivity contribution is 7.92. The van der Waals surface area contributed by atoms with E-state index < -0.39 is 21.3 Å². The fourth-order valence-electron chi connectivity index (χ4n) is 2.31. The Hall–Kier alpha value is -3.40. The first-order chi connectivity index (χ1) is 12.8. The molecule has 2 N–H and O–H groups in total. The molecule has 0 unspecified atom stereocenters. The first-order valence-corrected chi connectivity index (χ1v) is 9.37. The summed E-state index contributed by atoms with van der Waals surface area (Å²) in [6.07, 6.45) is 2.32. The minimum absolute atomic E-state index is 0.00455. The summed E-state index contributed by atoms with van der Waals surface area (Å²) in [6.45, 7) is 0. The highest BCUT2D eigenvalue weighted by Gasteiger charge is 2.16. The molecule has 3 rings (SSSR count). The summed E-state index contributed by atoms with van der Waals surface area (Å²) >= 11 is 0. The van der Waals surface area contributed by atoms with Gasteiger partial charge in [-0.2, -0.15) is 0 Å². The zero-order valence-corrected chi connectivity index (χ0v) is 14.7. The number of anilines is 2. The van der Waals surface area contributed by atoms with Crippen LogP contribution in [0.1, 0.15) is 0 Å². The van der Waals surface area contributed by atoms with Gasteiger partial charge in [-0.15, -0.1) is 0 Å². The summed E-state index contributed by atoms with van der Waals surface area (Å²) in [7, 11) is -3.66. The van der Waals surface area contributed by atoms with Gasteiger partial charge in [0.25, 0.3) is 0 Å². The summed E-state index contributed by atoms with van der Waals surface area (Å²) in [5.41, 5.74) is -0.533. The van der Waals surface area contributed by atoms with Gasteiger partial charge in [-0.25, -0.2) is 12.8 Å². The molecule has 0 aliphatic rings. The third-order valence-electron chi connectivity index (χ3n) is 3.43. The molecule has 140 valence electrons. The van der Waals surface area contributed by atoms with Gasteiger partial charge in [-0.3, -0.25) is 14.3 Å². The van der Waals surface area contributed by atoms with E-state index in [-0.39, 0.29) is 33.8 Å². The lowest BCUT2D eigenvalue weighted by Crippen LogP contribution is -2.12. The molecule has 27 heavy (non-hydrogen) atoms. The highest BCUT2D eigenvalue weighted by atomic mass is 32.2. The Balaban J connectivity index is 2.17. The second kappa shape index (κ2) is 7.08. The molecule has 1 amide bonds. The number of benzene rings is 2. The Morgan fingerprint density at radius 3 is 2.48 bits per heavy atom. The van der Waals surface area contributed by atoms with Crippen LogP contribution in [0.3, 0.4) is 0 Å². The van der Waals surface area contributed by atoms with Gasteiger partial charge in [0.1, 0.15) is 29.1 Å². The van der Waals surface area contributed by atoms with Crippen molar-refractivity contribution >= 4 is 38.8 Å². The topological polar surface area (TPSA) is 115 Å². The first-order valence-electron chi connectivity index (χ1n) is 7.48. The van der Waals surface area contributed by atoms with Crippen LogP contribution in [0.25, 0.3) is 11.0 Å². The van der Waals surface area contributed by atoms with E-state index in [1.54, 1.807) is 0 Å². The molecule has 0 aliphatic heterocycles. The Bertz CT molecular complexity index is 1170. The van der Waals surface area contributed by atoms with Gasteiger partial charge in [0.05, 0.1) is 17.3 Å². The van der Waals surface area contributed by atoms with E-state index >= 15 is 0 Å². The van der Waals surface area contributed by atoms with Crippen LogP contribution in [0, 0.1) is 5.82 Å². The minimum Gasteiger partial charge on any atom is -0.462 e. The maximum Gasteiger partial charge on any atom is 0.229 e. The van der Waals surface area contributed by atoms with Crippen molar-refractivity contribution in [3.63, 3.8) is 0 Å². The summed E-state index contributed by atoms with van der Waals surface area (Å²) in [5.74, 6) is -0.255. The fraction of sp³-hybridized carbons (Fsp3) is 0.0588. The number of sulfonamides is 1. The van der Waals surface area contributed by atoms with E-state index in [2.05, 4.69) is 10.0 Å². The van der Waals surface area contributed by atoms with Crippen LogP contribution in [-0.4, -0.2) is 21.1 Å². The summed E-state index contributed by atoms with van der Waals surface area (Å²) in [6, 6.07) is 7.57. The average Bonchev–Trinajstić information content (AvgIpc) is 2.59. The number of hydrogen-bond acceptors (Lipinski definition) is 6. The predicted molar refractivity (Wildman–Crippen MR) is 97.1 cm³/mol. The monoisotopic (exact) mass is 392 g/mol. The van der Waals surface area contributed by atoms with Gasteiger partial charge in [0.15, 0.2) is 5.75 Å². The van der Waals surface area contributed by atoms with Crippen molar-refractivity contribution in [2.24, 2.45) is 0 Å². The fourth-order valence-corrected chi connectivity index (χ4v) is 2.87. The molecule has 1 heterocycles. The Kier molecular flexibility index (Phi) is 4.82. The van der Waals surface area contributed by atoms with Gasteiger partial charge in [0, 0.05) is 6.07 Å². The number of amides is 1. The number of hydrogen-bond donors (Lipinski definition) is 2. The van der Waals surface area contributed by atoms with Gasteiger partial charge in [0.2, 0.25) is 21.9 Å². The standard InChI is InChI=1S/C17H13FN2O6S/c1-27(23,24)20-13-7-15-12(17(22)14(8-25-15)19-9-21)6-16(13)26-11-4-2-10(18)3-5-11/h2-9,20H,1H3,(H,19,21). The lowest BCUT2D eigenvalue weighted by Gasteiger charge is -2.13. The molecular formula is C17H13FN2O6S. The quantitative estimate of drug-likeness (QED) is 0.623. The molecule has 0 radical (unpaired) electrons. The lowest BCUT2D eigenvalue weighted by atomic mass is 10.2. The summed E-state index contributed by atoms with van der Waals surface area (Å²) < 4.78 is 49.5. The van der Waals surface area contributed by atoms with Crippen LogP contribution in [-0.2, 0) is 14.8 Å². The Labute approximate surface area is 152 Å². The van der Waals surface area contributed by atoms with Crippen LogP contribution in [0.4, 0.5) is 15.8 Å². The van der Waals surface area contributed by atoms with E-state index in [0.29, 0.717) is 6.41 Å². The van der Waals surface area contributed by atoms with Crippen molar-refractivity contribution in [3.05, 3.63) is 58.7 Å². The Morgan fingerprint density at radius 1 is 1.15 bits per heavy atom. The van der Waals surface area contributed by atoms with E-state index in [9.17, 15) is 22.4 Å². The predicted octanol–water partition coefficient (Wildman–Crippen LogP) is 2.66. The molecule has 0 aliphatic carbocycles. The number of carbonyl (C=O) groups excluding carboxylic acids is 1. The normalized spacial score (nSPS) is 11.2. The molecular weight excluding hydrogens is 379 g/mol. The van der Waals surface area contributed by atoms with Crippen molar-refractivity contribution in [2.45, 2.75) is 0 Å². The third-order valence-corrected chi connectivity index (χ3v) is 4.02. The van der Waals surface area contributed by atoms with Gasteiger partial charge >= 0.3 is 0 Å². The highest BCUT2D eigenvalue weighted by Crippen LogP contribution is 2.34. The molecule has 2 aromatic carbocycles. The van der Waals surface area contributed by atoms with Gasteiger partial charge < -0.3 is 14.5 Å². The van der Waals surface area contributed by atoms with Gasteiger partial charge in [-0.05, 0) is 30.3 Å². The molecule has 0 bridgehead atoms. The van der Waals surface area contributed by atoms with Crippen molar-refractivity contribution < 1.29 is 26.8 Å². The largest absolute Gasteiger partial charge is 0.462 e. The van der Waals surface area contributed by atoms with Crippen molar-refractivity contribution in [3.8, 4) is 11.5 Å². The number of nitrogens with one attached hydrogen (secondary N) is 2. The maximum absolute atomic E-state index is 13.1. The van der Waals surface area contributed by atoms with E-state index in [4.69, 9.17) is 9.15 Å². The molecule has 8 nitrogen and oxygen atoms in total. The molecule has 0 saturated heterocycles. The Morgan fingerprint density at radius 2 is 1.85 bits per heavy atom. The zero-order valence-electron chi connectivity index (χ0n) is 13.9. The molecule has 0 fully saturated rings. The van der Waals surface area contributed by atoms with Crippen LogP contribution >= 0.6 is 0 Å². The van der Waals surface area contributed by atoms with Crippen LogP contribution in [0.5, 0.6) is 11.5 Å². The molecule has 0 saturated carbocycles. The van der Waals surface area contributed by atoms with E-state index in [1.165, 1.54) is 36.4 Å². The number of fused-ring (bicyclic) bond motifs is 1. The van der Waals surface area contributed by atoms with Crippen molar-refractivity contribution in [1.29, 1.82) is 0 Å². The first kappa shape index (κ1) is 18.4. The van der Waals surface area contributed by atoms with Crippen LogP contribution in [0.2, 0.25) is 0 Å². The number of rotatable bonds is 6. The second-order valence-electron chi connectivity index (χ2n) is 5.52. The van der Waals surface area contributed by atoms with E-state index in [0.717, 1.165) is 12.5 Å². The van der Waals surface area contributed by atoms with E-state index in [1.807, 2.05) is 0 Å². The number of ether oxygens (including phenoxy) is 1. The molecule has 1 aromatic heterocycles. The molecule has 3 aromatic rings. The molecule has 10 heteroatoms. The van der Waals surface area contributed by atoms with Crippen molar-refractivity contribution in [1.82, 2.24) is 0 Å².